The van der Waals surface area contributed by atoms with Crippen molar-refractivity contribution in [2.45, 2.75) is 11.3 Å². The van der Waals surface area contributed by atoms with Gasteiger partial charge in [0.2, 0.25) is 0 Å². The Labute approximate surface area is 129 Å². The molecule has 4 heteroatoms. The van der Waals surface area contributed by atoms with Crippen molar-refractivity contribution in [3.8, 4) is 17.2 Å². The van der Waals surface area contributed by atoms with Crippen molar-refractivity contribution >= 4 is 11.8 Å². The van der Waals surface area contributed by atoms with Crippen LogP contribution in [0.2, 0.25) is 0 Å². The molecule has 1 heterocycles. The van der Waals surface area contributed by atoms with Crippen LogP contribution in [0.15, 0.2) is 53.4 Å². The van der Waals surface area contributed by atoms with Gasteiger partial charge in [-0.3, -0.25) is 0 Å². The van der Waals surface area contributed by atoms with Crippen molar-refractivity contribution in [1.29, 1.82) is 0 Å². The lowest BCUT2D eigenvalue weighted by atomic mass is 10.3. The Morgan fingerprint density at radius 2 is 1.76 bits per heavy atom. The third-order valence-electron chi connectivity index (χ3n) is 3.08. The van der Waals surface area contributed by atoms with Crippen LogP contribution in [0.25, 0.3) is 0 Å². The number of benzene rings is 2. The van der Waals surface area contributed by atoms with Crippen LogP contribution >= 0.6 is 11.8 Å². The molecule has 0 fully saturated rings. The van der Waals surface area contributed by atoms with E-state index >= 15 is 0 Å². The maximum absolute atomic E-state index is 5.70. The molecule has 110 valence electrons. The fourth-order valence-electron chi connectivity index (χ4n) is 2.07. The van der Waals surface area contributed by atoms with Gasteiger partial charge in [-0.2, -0.15) is 0 Å². The summed E-state index contributed by atoms with van der Waals surface area (Å²) in [5.41, 5.74) is 0. The predicted octanol–water partition coefficient (Wildman–Crippen LogP) is 4.02. The van der Waals surface area contributed by atoms with Crippen molar-refractivity contribution in [3.05, 3.63) is 48.5 Å². The lowest BCUT2D eigenvalue weighted by Crippen LogP contribution is -1.99. The number of hydrogen-bond acceptors (Lipinski definition) is 4. The van der Waals surface area contributed by atoms with Crippen LogP contribution in [-0.4, -0.2) is 25.6 Å². The van der Waals surface area contributed by atoms with E-state index in [0.717, 1.165) is 42.6 Å². The maximum Gasteiger partial charge on any atom is 0.162 e. The van der Waals surface area contributed by atoms with E-state index in [9.17, 15) is 0 Å². The first-order valence-corrected chi connectivity index (χ1v) is 8.11. The van der Waals surface area contributed by atoms with E-state index in [1.54, 1.807) is 11.8 Å². The smallest absolute Gasteiger partial charge is 0.162 e. The Bertz CT molecular complexity index is 572. The average Bonchev–Trinajstić information content (AvgIpc) is 2.77. The first-order chi connectivity index (χ1) is 10.4. The number of ether oxygens (including phenoxy) is 3. The molecule has 21 heavy (non-hydrogen) atoms. The molecule has 3 rings (SSSR count). The quantitative estimate of drug-likeness (QED) is 0.616. The molecular weight excluding hydrogens is 284 g/mol. The molecule has 0 bridgehead atoms. The van der Waals surface area contributed by atoms with Crippen molar-refractivity contribution in [3.63, 3.8) is 0 Å². The summed E-state index contributed by atoms with van der Waals surface area (Å²) in [5.74, 6) is 3.50. The Morgan fingerprint density at radius 1 is 0.952 bits per heavy atom. The second-order valence-corrected chi connectivity index (χ2v) is 5.84. The number of fused-ring (bicyclic) bond motifs is 1. The monoisotopic (exact) mass is 302 g/mol. The number of hydrogen-bond donors (Lipinski definition) is 0. The summed E-state index contributed by atoms with van der Waals surface area (Å²) in [6.45, 7) is 2.13. The van der Waals surface area contributed by atoms with Crippen molar-refractivity contribution in [2.75, 3.05) is 25.6 Å². The van der Waals surface area contributed by atoms with Gasteiger partial charge in [0.15, 0.2) is 11.5 Å². The summed E-state index contributed by atoms with van der Waals surface area (Å²) < 4.78 is 17.0. The summed E-state index contributed by atoms with van der Waals surface area (Å²) >= 11 is 1.76. The first kappa shape index (κ1) is 14.1. The molecule has 0 aliphatic carbocycles. The highest BCUT2D eigenvalue weighted by Gasteiger charge is 2.10. The number of para-hydroxylation sites is 1. The highest BCUT2D eigenvalue weighted by Crippen LogP contribution is 2.33. The highest BCUT2D eigenvalue weighted by atomic mass is 32.2. The lowest BCUT2D eigenvalue weighted by molar-refractivity contribution is 0.297. The molecule has 0 radical (unpaired) electrons. The van der Waals surface area contributed by atoms with Gasteiger partial charge in [-0.15, -0.1) is 11.8 Å². The molecule has 0 saturated heterocycles. The SMILES string of the molecule is c1ccc(OCCSc2ccc3c(c2)OCCCO3)cc1. The fourth-order valence-corrected chi connectivity index (χ4v) is 2.83. The van der Waals surface area contributed by atoms with Gasteiger partial charge in [-0.05, 0) is 30.3 Å². The highest BCUT2D eigenvalue weighted by molar-refractivity contribution is 7.99. The maximum atomic E-state index is 5.70. The summed E-state index contributed by atoms with van der Waals surface area (Å²) in [7, 11) is 0. The van der Waals surface area contributed by atoms with Crippen LogP contribution in [-0.2, 0) is 0 Å². The van der Waals surface area contributed by atoms with E-state index in [2.05, 4.69) is 6.07 Å². The molecule has 1 aliphatic rings. The second kappa shape index (κ2) is 7.27. The predicted molar refractivity (Wildman–Crippen MR) is 84.7 cm³/mol. The van der Waals surface area contributed by atoms with Crippen molar-refractivity contribution in [1.82, 2.24) is 0 Å². The molecule has 1 aliphatic heterocycles. The fraction of sp³-hybridized carbons (Fsp3) is 0.294. The third kappa shape index (κ3) is 4.08. The van der Waals surface area contributed by atoms with Crippen LogP contribution in [0.5, 0.6) is 17.2 Å². The van der Waals surface area contributed by atoms with Gasteiger partial charge >= 0.3 is 0 Å². The summed E-state index contributed by atoms with van der Waals surface area (Å²) in [5, 5.41) is 0. The van der Waals surface area contributed by atoms with Crippen LogP contribution in [0.1, 0.15) is 6.42 Å². The molecule has 0 saturated carbocycles. The van der Waals surface area contributed by atoms with E-state index in [-0.39, 0.29) is 0 Å². The van der Waals surface area contributed by atoms with Gasteiger partial charge in [0.1, 0.15) is 5.75 Å². The molecule has 0 spiro atoms. The molecular formula is C17H18O3S. The Hall–Kier alpha value is -1.81. The molecule has 2 aromatic rings. The summed E-state index contributed by atoms with van der Waals surface area (Å²) in [4.78, 5) is 1.18. The molecule has 3 nitrogen and oxygen atoms in total. The summed E-state index contributed by atoms with van der Waals surface area (Å²) in [6.07, 6.45) is 0.933. The van der Waals surface area contributed by atoms with Gasteiger partial charge in [0.05, 0.1) is 19.8 Å². The van der Waals surface area contributed by atoms with Crippen molar-refractivity contribution < 1.29 is 14.2 Å². The lowest BCUT2D eigenvalue weighted by Gasteiger charge is -2.09. The molecule has 0 N–H and O–H groups in total. The molecule has 0 unspecified atom stereocenters. The van der Waals surface area contributed by atoms with Crippen LogP contribution in [0.4, 0.5) is 0 Å². The first-order valence-electron chi connectivity index (χ1n) is 7.12. The normalized spacial score (nSPS) is 13.5. The van der Waals surface area contributed by atoms with Crippen LogP contribution < -0.4 is 14.2 Å². The van der Waals surface area contributed by atoms with Gasteiger partial charge in [0.25, 0.3) is 0 Å². The Morgan fingerprint density at radius 3 is 2.62 bits per heavy atom. The number of thioether (sulfide) groups is 1. The standard InChI is InChI=1S/C17H18O3S/c1-2-5-14(6-3-1)18-11-12-21-15-7-8-16-17(13-15)20-10-4-9-19-16/h1-3,5-8,13H,4,9-12H2. The topological polar surface area (TPSA) is 27.7 Å². The van der Waals surface area contributed by atoms with E-state index in [0.29, 0.717) is 6.61 Å². The van der Waals surface area contributed by atoms with Gasteiger partial charge < -0.3 is 14.2 Å². The van der Waals surface area contributed by atoms with Crippen LogP contribution in [0.3, 0.4) is 0 Å². The van der Waals surface area contributed by atoms with E-state index in [1.807, 2.05) is 42.5 Å². The van der Waals surface area contributed by atoms with Gasteiger partial charge in [-0.25, -0.2) is 0 Å². The van der Waals surface area contributed by atoms with E-state index < -0.39 is 0 Å². The minimum absolute atomic E-state index is 0.684. The van der Waals surface area contributed by atoms with E-state index in [1.165, 1.54) is 4.90 Å². The molecule has 2 aromatic carbocycles. The molecule has 0 aromatic heterocycles. The Kier molecular flexibility index (Phi) is 4.90. The average molecular weight is 302 g/mol. The van der Waals surface area contributed by atoms with Gasteiger partial charge in [-0.1, -0.05) is 18.2 Å². The molecule has 0 atom stereocenters. The number of rotatable bonds is 5. The zero-order valence-corrected chi connectivity index (χ0v) is 12.6. The minimum Gasteiger partial charge on any atom is -0.493 e. The summed E-state index contributed by atoms with van der Waals surface area (Å²) in [6, 6.07) is 16.0. The largest absolute Gasteiger partial charge is 0.493 e. The van der Waals surface area contributed by atoms with Crippen molar-refractivity contribution in [2.24, 2.45) is 0 Å². The second-order valence-electron chi connectivity index (χ2n) is 4.67. The zero-order chi connectivity index (χ0) is 14.3. The van der Waals surface area contributed by atoms with E-state index in [4.69, 9.17) is 14.2 Å². The minimum atomic E-state index is 0.684. The zero-order valence-electron chi connectivity index (χ0n) is 11.8. The van der Waals surface area contributed by atoms with Crippen LogP contribution in [0, 0.1) is 0 Å². The Balaban J connectivity index is 1.50. The van der Waals surface area contributed by atoms with Gasteiger partial charge in [0, 0.05) is 17.1 Å². The molecule has 0 amide bonds. The third-order valence-corrected chi connectivity index (χ3v) is 4.04.